The van der Waals surface area contributed by atoms with Crippen molar-refractivity contribution in [1.29, 1.82) is 0 Å². The van der Waals surface area contributed by atoms with E-state index in [4.69, 9.17) is 9.47 Å². The third-order valence-corrected chi connectivity index (χ3v) is 7.26. The molecule has 0 aromatic heterocycles. The van der Waals surface area contributed by atoms with Gasteiger partial charge in [-0.3, -0.25) is 9.52 Å². The Bertz CT molecular complexity index is 1470. The molecule has 0 heterocycles. The second-order valence-electron chi connectivity index (χ2n) is 9.80. The molecule has 0 aliphatic rings. The number of ether oxygens (including phenoxy) is 2. The van der Waals surface area contributed by atoms with E-state index in [2.05, 4.69) is 10.0 Å². The van der Waals surface area contributed by atoms with Gasteiger partial charge in [-0.1, -0.05) is 45.0 Å². The smallest absolute Gasteiger partial charge is 0.340 e. The van der Waals surface area contributed by atoms with Gasteiger partial charge in [0.15, 0.2) is 6.61 Å². The molecule has 0 aliphatic carbocycles. The van der Waals surface area contributed by atoms with Gasteiger partial charge in [0.2, 0.25) is 0 Å². The maximum atomic E-state index is 13.3. The Hall–Kier alpha value is -4.18. The Kier molecular flexibility index (Phi) is 9.13. The number of amides is 1. The zero-order valence-corrected chi connectivity index (χ0v) is 23.3. The van der Waals surface area contributed by atoms with Gasteiger partial charge < -0.3 is 14.8 Å². The average Bonchev–Trinajstić information content (AvgIpc) is 2.87. The fourth-order valence-electron chi connectivity index (χ4n) is 3.62. The molecule has 3 aromatic rings. The van der Waals surface area contributed by atoms with Crippen molar-refractivity contribution in [1.82, 2.24) is 0 Å². The molecule has 206 valence electrons. The molecule has 0 aliphatic heterocycles. The van der Waals surface area contributed by atoms with Crippen LogP contribution in [0.4, 0.5) is 11.4 Å². The molecule has 9 nitrogen and oxygen atoms in total. The number of sulfonamides is 1. The van der Waals surface area contributed by atoms with Crippen molar-refractivity contribution < 1.29 is 32.3 Å². The van der Waals surface area contributed by atoms with Crippen molar-refractivity contribution in [3.8, 4) is 0 Å². The molecule has 0 saturated carbocycles. The van der Waals surface area contributed by atoms with E-state index >= 15 is 0 Å². The van der Waals surface area contributed by atoms with E-state index < -0.39 is 34.5 Å². The molecule has 0 unspecified atom stereocenters. The Labute approximate surface area is 228 Å². The number of para-hydroxylation sites is 1. The highest BCUT2D eigenvalue weighted by atomic mass is 32.2. The fraction of sp³-hybridized carbons (Fsp3) is 0.276. The molecular weight excluding hydrogens is 520 g/mol. The first-order valence-electron chi connectivity index (χ1n) is 12.3. The highest BCUT2D eigenvalue weighted by Crippen LogP contribution is 2.28. The molecular formula is C29H32N2O7S. The molecule has 0 bridgehead atoms. The van der Waals surface area contributed by atoms with Gasteiger partial charge in [-0.05, 0) is 72.9 Å². The molecule has 10 heteroatoms. The lowest BCUT2D eigenvalue weighted by Crippen LogP contribution is -2.22. The van der Waals surface area contributed by atoms with Gasteiger partial charge in [0.05, 0.1) is 28.3 Å². The van der Waals surface area contributed by atoms with Crippen molar-refractivity contribution >= 4 is 39.2 Å². The molecule has 2 N–H and O–H groups in total. The maximum Gasteiger partial charge on any atom is 0.340 e. The molecule has 3 aromatic carbocycles. The molecule has 0 atom stereocenters. The van der Waals surface area contributed by atoms with Crippen LogP contribution in [0.2, 0.25) is 0 Å². The molecule has 39 heavy (non-hydrogen) atoms. The lowest BCUT2D eigenvalue weighted by molar-refractivity contribution is -0.119. The molecule has 0 fully saturated rings. The standard InChI is InChI=1S/C29H32N2O7S/c1-6-37-27(33)20-12-15-22(16-13-20)30-26(32)18-38-28(34)23-9-7-8-10-24(23)31-39(35,36)25-17-21(29(3,4)5)14-11-19(25)2/h7-17,31H,6,18H2,1-5H3,(H,30,32). The van der Waals surface area contributed by atoms with E-state index in [1.165, 1.54) is 36.4 Å². The monoisotopic (exact) mass is 552 g/mol. The van der Waals surface area contributed by atoms with Crippen LogP contribution in [0.3, 0.4) is 0 Å². The normalized spacial score (nSPS) is 11.4. The van der Waals surface area contributed by atoms with E-state index in [-0.39, 0.29) is 28.2 Å². The highest BCUT2D eigenvalue weighted by molar-refractivity contribution is 7.92. The first-order chi connectivity index (χ1) is 18.3. The summed E-state index contributed by atoms with van der Waals surface area (Å²) in [6, 6.07) is 17.3. The molecule has 0 spiro atoms. The zero-order valence-electron chi connectivity index (χ0n) is 22.5. The number of rotatable bonds is 9. The van der Waals surface area contributed by atoms with Crippen molar-refractivity contribution in [3.63, 3.8) is 0 Å². The summed E-state index contributed by atoms with van der Waals surface area (Å²) < 4.78 is 39.1. The maximum absolute atomic E-state index is 13.3. The van der Waals surface area contributed by atoms with Crippen LogP contribution in [0.1, 0.15) is 59.5 Å². The van der Waals surface area contributed by atoms with Crippen molar-refractivity contribution in [2.75, 3.05) is 23.3 Å². The largest absolute Gasteiger partial charge is 0.462 e. The first-order valence-corrected chi connectivity index (χ1v) is 13.8. The lowest BCUT2D eigenvalue weighted by atomic mass is 9.87. The Morgan fingerprint density at radius 1 is 0.872 bits per heavy atom. The van der Waals surface area contributed by atoms with Gasteiger partial charge in [0.1, 0.15) is 0 Å². The zero-order chi connectivity index (χ0) is 28.8. The van der Waals surface area contributed by atoms with Crippen LogP contribution in [0, 0.1) is 6.92 Å². The van der Waals surface area contributed by atoms with Crippen LogP contribution in [0.5, 0.6) is 0 Å². The Morgan fingerprint density at radius 3 is 2.18 bits per heavy atom. The predicted octanol–water partition coefficient (Wildman–Crippen LogP) is 5.07. The van der Waals surface area contributed by atoms with E-state index in [9.17, 15) is 22.8 Å². The van der Waals surface area contributed by atoms with E-state index in [0.717, 1.165) is 5.56 Å². The summed E-state index contributed by atoms with van der Waals surface area (Å²) in [5, 5.41) is 2.57. The summed E-state index contributed by atoms with van der Waals surface area (Å²) in [7, 11) is -4.04. The summed E-state index contributed by atoms with van der Waals surface area (Å²) in [4.78, 5) is 37.0. The third-order valence-electron chi connectivity index (χ3n) is 5.75. The minimum absolute atomic E-state index is 0.0259. The number of aryl methyl sites for hydroxylation is 1. The van der Waals surface area contributed by atoms with Crippen LogP contribution in [0.25, 0.3) is 0 Å². The van der Waals surface area contributed by atoms with Gasteiger partial charge in [-0.15, -0.1) is 0 Å². The second kappa shape index (κ2) is 12.1. The van der Waals surface area contributed by atoms with Crippen molar-refractivity contribution in [2.45, 2.75) is 44.9 Å². The van der Waals surface area contributed by atoms with E-state index in [1.807, 2.05) is 26.8 Å². The Morgan fingerprint density at radius 2 is 1.54 bits per heavy atom. The first kappa shape index (κ1) is 29.4. The van der Waals surface area contributed by atoms with Crippen molar-refractivity contribution in [3.05, 3.63) is 89.0 Å². The van der Waals surface area contributed by atoms with Crippen LogP contribution < -0.4 is 10.0 Å². The molecule has 3 rings (SSSR count). The third kappa shape index (κ3) is 7.67. The van der Waals surface area contributed by atoms with E-state index in [1.54, 1.807) is 38.1 Å². The molecule has 0 saturated heterocycles. The number of esters is 2. The van der Waals surface area contributed by atoms with Gasteiger partial charge in [0.25, 0.3) is 15.9 Å². The minimum atomic E-state index is -4.04. The topological polar surface area (TPSA) is 128 Å². The van der Waals surface area contributed by atoms with Gasteiger partial charge in [0, 0.05) is 5.69 Å². The fourth-order valence-corrected chi connectivity index (χ4v) is 4.97. The number of benzene rings is 3. The summed E-state index contributed by atoms with van der Waals surface area (Å²) in [6.45, 7) is 9.01. The highest BCUT2D eigenvalue weighted by Gasteiger charge is 2.24. The summed E-state index contributed by atoms with van der Waals surface area (Å²) in [5.74, 6) is -1.96. The second-order valence-corrected chi connectivity index (χ2v) is 11.5. The number of carbonyl (C=O) groups is 3. The lowest BCUT2D eigenvalue weighted by Gasteiger charge is -2.21. The van der Waals surface area contributed by atoms with Gasteiger partial charge in [-0.25, -0.2) is 18.0 Å². The van der Waals surface area contributed by atoms with E-state index in [0.29, 0.717) is 16.8 Å². The number of carbonyl (C=O) groups excluding carboxylic acids is 3. The Balaban J connectivity index is 1.69. The number of nitrogens with one attached hydrogen (secondary N) is 2. The summed E-state index contributed by atoms with van der Waals surface area (Å²) in [5.41, 5.74) is 1.86. The van der Waals surface area contributed by atoms with Gasteiger partial charge in [-0.2, -0.15) is 0 Å². The average molecular weight is 553 g/mol. The SMILES string of the molecule is CCOC(=O)c1ccc(NC(=O)COC(=O)c2ccccc2NS(=O)(=O)c2cc(C(C)(C)C)ccc2C)cc1. The van der Waals surface area contributed by atoms with Crippen LogP contribution in [0.15, 0.2) is 71.6 Å². The van der Waals surface area contributed by atoms with Crippen LogP contribution >= 0.6 is 0 Å². The number of hydrogen-bond acceptors (Lipinski definition) is 7. The summed E-state index contributed by atoms with van der Waals surface area (Å²) in [6.07, 6.45) is 0. The van der Waals surface area contributed by atoms with Crippen LogP contribution in [-0.4, -0.2) is 39.5 Å². The number of anilines is 2. The predicted molar refractivity (Wildman–Crippen MR) is 148 cm³/mol. The quantitative estimate of drug-likeness (QED) is 0.355. The summed E-state index contributed by atoms with van der Waals surface area (Å²) >= 11 is 0. The van der Waals surface area contributed by atoms with Gasteiger partial charge >= 0.3 is 11.9 Å². The number of hydrogen-bond donors (Lipinski definition) is 2. The molecule has 0 radical (unpaired) electrons. The minimum Gasteiger partial charge on any atom is -0.462 e. The van der Waals surface area contributed by atoms with Crippen molar-refractivity contribution in [2.24, 2.45) is 0 Å². The molecule has 1 amide bonds. The van der Waals surface area contributed by atoms with Crippen LogP contribution in [-0.2, 0) is 29.7 Å².